The third kappa shape index (κ3) is 4.08. The Bertz CT molecular complexity index is 1590. The van der Waals surface area contributed by atoms with E-state index in [9.17, 15) is 9.18 Å². The van der Waals surface area contributed by atoms with Gasteiger partial charge in [0.15, 0.2) is 0 Å². The van der Waals surface area contributed by atoms with E-state index in [1.165, 1.54) is 12.1 Å². The van der Waals surface area contributed by atoms with E-state index < -0.39 is 0 Å². The minimum absolute atomic E-state index is 0.273. The van der Waals surface area contributed by atoms with Crippen LogP contribution in [-0.2, 0) is 6.54 Å². The van der Waals surface area contributed by atoms with Gasteiger partial charge in [-0.3, -0.25) is 0 Å². The minimum Gasteiger partial charge on any atom is -0.308 e. The molecule has 0 fully saturated rings. The van der Waals surface area contributed by atoms with Gasteiger partial charge >= 0.3 is 6.03 Å². The maximum atomic E-state index is 13.9. The number of rotatable bonds is 3. The predicted molar refractivity (Wildman–Crippen MR) is 142 cm³/mol. The molecule has 6 nitrogen and oxygen atoms in total. The molecule has 2 aromatic heterocycles. The lowest BCUT2D eigenvalue weighted by molar-refractivity contribution is 0.194. The molecule has 1 aliphatic heterocycles. The zero-order valence-electron chi connectivity index (χ0n) is 20.6. The van der Waals surface area contributed by atoms with Crippen LogP contribution in [0.25, 0.3) is 11.5 Å². The molecule has 0 radical (unpaired) electrons. The standard InChI is InChI=1S/C30H26FN5O/c1-20-8-6-9-22(18-20)28-27-12-7-17-34(27)29-26(21(2)33-36(29)25-10-4-3-5-11-25)19-35(28)30(37)32-24-15-13-23(31)14-16-24/h3-18,28H,19H2,1-2H3,(H,32,37). The third-order valence-electron chi connectivity index (χ3n) is 6.80. The Morgan fingerprint density at radius 3 is 2.49 bits per heavy atom. The van der Waals surface area contributed by atoms with E-state index in [1.54, 1.807) is 12.1 Å². The van der Waals surface area contributed by atoms with Crippen molar-refractivity contribution in [3.05, 3.63) is 131 Å². The molecule has 0 bridgehead atoms. The molecular formula is C30H26FN5O. The highest BCUT2D eigenvalue weighted by Gasteiger charge is 2.36. The van der Waals surface area contributed by atoms with Crippen molar-refractivity contribution in [1.29, 1.82) is 0 Å². The SMILES string of the molecule is Cc1cccc(C2c3cccn3-c3c(c(C)nn3-c3ccccc3)CN2C(=O)Nc2ccc(F)cc2)c1. The molecule has 1 N–H and O–H groups in total. The number of carbonyl (C=O) groups excluding carboxylic acids is 1. The summed E-state index contributed by atoms with van der Waals surface area (Å²) in [6.45, 7) is 4.38. The number of aromatic nitrogens is 3. The van der Waals surface area contributed by atoms with E-state index >= 15 is 0 Å². The van der Waals surface area contributed by atoms with Crippen LogP contribution in [0.3, 0.4) is 0 Å². The Balaban J connectivity index is 1.53. The van der Waals surface area contributed by atoms with Gasteiger partial charge in [-0.2, -0.15) is 5.10 Å². The van der Waals surface area contributed by atoms with Crippen LogP contribution >= 0.6 is 0 Å². The van der Waals surface area contributed by atoms with E-state index in [0.717, 1.165) is 39.6 Å². The molecule has 37 heavy (non-hydrogen) atoms. The summed E-state index contributed by atoms with van der Waals surface area (Å²) in [6, 6.07) is 27.5. The Labute approximate surface area is 214 Å². The van der Waals surface area contributed by atoms with Crippen molar-refractivity contribution in [2.75, 3.05) is 5.32 Å². The first-order valence-corrected chi connectivity index (χ1v) is 12.2. The monoisotopic (exact) mass is 491 g/mol. The molecular weight excluding hydrogens is 465 g/mol. The molecule has 2 amide bonds. The van der Waals surface area contributed by atoms with Crippen LogP contribution in [0.4, 0.5) is 14.9 Å². The maximum absolute atomic E-state index is 13.9. The number of halogens is 1. The van der Waals surface area contributed by atoms with Crippen molar-refractivity contribution in [2.45, 2.75) is 26.4 Å². The fourth-order valence-electron chi connectivity index (χ4n) is 5.07. The zero-order chi connectivity index (χ0) is 25.5. The number of nitrogens with zero attached hydrogens (tertiary/aromatic N) is 4. The Kier molecular flexibility index (Phi) is 5.60. The van der Waals surface area contributed by atoms with Crippen molar-refractivity contribution < 1.29 is 9.18 Å². The summed E-state index contributed by atoms with van der Waals surface area (Å²) in [5.74, 6) is 0.565. The quantitative estimate of drug-likeness (QED) is 0.311. The molecule has 1 aliphatic rings. The lowest BCUT2D eigenvalue weighted by atomic mass is 10.00. The number of nitrogens with one attached hydrogen (secondary N) is 1. The van der Waals surface area contributed by atoms with Crippen molar-refractivity contribution in [1.82, 2.24) is 19.2 Å². The fourth-order valence-corrected chi connectivity index (χ4v) is 5.07. The molecule has 5 aromatic rings. The van der Waals surface area contributed by atoms with Crippen LogP contribution in [0.2, 0.25) is 0 Å². The first-order valence-electron chi connectivity index (χ1n) is 12.2. The number of anilines is 1. The highest BCUT2D eigenvalue weighted by molar-refractivity contribution is 5.90. The number of fused-ring (bicyclic) bond motifs is 3. The predicted octanol–water partition coefficient (Wildman–Crippen LogP) is 6.56. The topological polar surface area (TPSA) is 55.1 Å². The second kappa shape index (κ2) is 9.09. The second-order valence-electron chi connectivity index (χ2n) is 9.32. The van der Waals surface area contributed by atoms with Crippen LogP contribution in [0, 0.1) is 19.7 Å². The van der Waals surface area contributed by atoms with E-state index in [2.05, 4.69) is 28.1 Å². The van der Waals surface area contributed by atoms with Crippen LogP contribution in [0.1, 0.15) is 34.1 Å². The molecule has 0 saturated heterocycles. The summed E-state index contributed by atoms with van der Waals surface area (Å²) >= 11 is 0. The lowest BCUT2D eigenvalue weighted by Gasteiger charge is -2.31. The highest BCUT2D eigenvalue weighted by atomic mass is 19.1. The van der Waals surface area contributed by atoms with Crippen molar-refractivity contribution in [3.8, 4) is 11.5 Å². The van der Waals surface area contributed by atoms with Crippen LogP contribution < -0.4 is 5.32 Å². The summed E-state index contributed by atoms with van der Waals surface area (Å²) in [5.41, 5.74) is 6.37. The molecule has 1 atom stereocenters. The molecule has 6 rings (SSSR count). The number of benzene rings is 3. The van der Waals surface area contributed by atoms with Crippen LogP contribution in [0.5, 0.6) is 0 Å². The fraction of sp³-hybridized carbons (Fsp3) is 0.133. The van der Waals surface area contributed by atoms with E-state index in [1.807, 2.05) is 78.2 Å². The Morgan fingerprint density at radius 2 is 1.73 bits per heavy atom. The van der Waals surface area contributed by atoms with Gasteiger partial charge in [-0.1, -0.05) is 48.0 Å². The molecule has 0 saturated carbocycles. The minimum atomic E-state index is -0.355. The molecule has 184 valence electrons. The normalized spacial score (nSPS) is 14.6. The number of aryl methyl sites for hydroxylation is 2. The summed E-state index contributed by atoms with van der Waals surface area (Å²) in [5, 5.41) is 7.85. The summed E-state index contributed by atoms with van der Waals surface area (Å²) in [4.78, 5) is 15.7. The molecule has 7 heteroatoms. The number of hydrogen-bond donors (Lipinski definition) is 1. The number of para-hydroxylation sites is 1. The summed E-state index contributed by atoms with van der Waals surface area (Å²) in [7, 11) is 0. The Hall–Kier alpha value is -4.65. The van der Waals surface area contributed by atoms with Gasteiger partial charge in [-0.05, 0) is 67.9 Å². The first-order chi connectivity index (χ1) is 18.0. The zero-order valence-corrected chi connectivity index (χ0v) is 20.6. The average Bonchev–Trinajstić information content (AvgIpc) is 3.46. The van der Waals surface area contributed by atoms with Gasteiger partial charge in [0, 0.05) is 17.4 Å². The first kappa shape index (κ1) is 22.8. The second-order valence-corrected chi connectivity index (χ2v) is 9.32. The van der Waals surface area contributed by atoms with Crippen LogP contribution in [0.15, 0.2) is 97.2 Å². The molecule has 0 aliphatic carbocycles. The summed E-state index contributed by atoms with van der Waals surface area (Å²) in [6.07, 6.45) is 2.03. The average molecular weight is 492 g/mol. The van der Waals surface area contributed by atoms with E-state index in [0.29, 0.717) is 12.2 Å². The van der Waals surface area contributed by atoms with Gasteiger partial charge in [0.2, 0.25) is 0 Å². The van der Waals surface area contributed by atoms with Crippen LogP contribution in [-0.4, -0.2) is 25.3 Å². The smallest absolute Gasteiger partial charge is 0.308 e. The van der Waals surface area contributed by atoms with Crippen molar-refractivity contribution >= 4 is 11.7 Å². The van der Waals surface area contributed by atoms with Crippen molar-refractivity contribution in [2.24, 2.45) is 0 Å². The number of amides is 2. The number of carbonyl (C=O) groups is 1. The number of urea groups is 1. The van der Waals surface area contributed by atoms with Gasteiger partial charge in [0.25, 0.3) is 0 Å². The molecule has 1 unspecified atom stereocenters. The highest BCUT2D eigenvalue weighted by Crippen LogP contribution is 2.39. The third-order valence-corrected chi connectivity index (χ3v) is 6.80. The van der Waals surface area contributed by atoms with Gasteiger partial charge in [-0.15, -0.1) is 0 Å². The number of hydrogen-bond acceptors (Lipinski definition) is 2. The van der Waals surface area contributed by atoms with E-state index in [4.69, 9.17) is 5.10 Å². The molecule has 3 aromatic carbocycles. The summed E-state index contributed by atoms with van der Waals surface area (Å²) < 4.78 is 17.6. The largest absolute Gasteiger partial charge is 0.322 e. The Morgan fingerprint density at radius 1 is 0.946 bits per heavy atom. The maximum Gasteiger partial charge on any atom is 0.322 e. The lowest BCUT2D eigenvalue weighted by Crippen LogP contribution is -2.38. The molecule has 3 heterocycles. The van der Waals surface area contributed by atoms with Crippen molar-refractivity contribution in [3.63, 3.8) is 0 Å². The van der Waals surface area contributed by atoms with Gasteiger partial charge in [-0.25, -0.2) is 13.9 Å². The van der Waals surface area contributed by atoms with E-state index in [-0.39, 0.29) is 17.9 Å². The van der Waals surface area contributed by atoms with Gasteiger partial charge in [0.05, 0.1) is 29.7 Å². The molecule has 0 spiro atoms. The van der Waals surface area contributed by atoms with Gasteiger partial charge < -0.3 is 14.8 Å². The van der Waals surface area contributed by atoms with Gasteiger partial charge in [0.1, 0.15) is 11.6 Å².